The number of fused-ring (bicyclic) bond motifs is 2. The average Bonchev–Trinajstić information content (AvgIpc) is 3.13. The Labute approximate surface area is 142 Å². The van der Waals surface area contributed by atoms with Crippen LogP contribution in [0.5, 0.6) is 5.75 Å². The number of hydrogen-bond acceptors (Lipinski definition) is 4. The maximum Gasteiger partial charge on any atom is 0.410 e. The van der Waals surface area contributed by atoms with Crippen LogP contribution in [-0.2, 0) is 4.74 Å². The van der Waals surface area contributed by atoms with E-state index in [1.54, 1.807) is 36.3 Å². The molecule has 24 heavy (non-hydrogen) atoms. The molecule has 0 aliphatic carbocycles. The molecule has 2 amide bonds. The molecule has 2 aliphatic rings. The molecule has 6 heteroatoms. The second kappa shape index (κ2) is 6.00. The van der Waals surface area contributed by atoms with E-state index in [0.29, 0.717) is 18.7 Å². The molecule has 2 aliphatic heterocycles. The number of ether oxygens (including phenoxy) is 2. The predicted octanol–water partition coefficient (Wildman–Crippen LogP) is 2.53. The molecule has 2 fully saturated rings. The minimum Gasteiger partial charge on any atom is -0.497 e. The van der Waals surface area contributed by atoms with Gasteiger partial charge in [-0.2, -0.15) is 0 Å². The molecule has 130 valence electrons. The number of amides is 2. The van der Waals surface area contributed by atoms with Gasteiger partial charge in [-0.05, 0) is 51.5 Å². The Morgan fingerprint density at radius 2 is 1.62 bits per heavy atom. The van der Waals surface area contributed by atoms with Crippen molar-refractivity contribution in [3.05, 3.63) is 29.8 Å². The van der Waals surface area contributed by atoms with Crippen LogP contribution in [0.4, 0.5) is 4.79 Å². The average molecular weight is 332 g/mol. The molecule has 6 nitrogen and oxygen atoms in total. The maximum atomic E-state index is 12.7. The van der Waals surface area contributed by atoms with Gasteiger partial charge in [-0.25, -0.2) is 4.79 Å². The fourth-order valence-electron chi connectivity index (χ4n) is 3.36. The number of hydrogen-bond donors (Lipinski definition) is 0. The normalized spacial score (nSPS) is 22.7. The van der Waals surface area contributed by atoms with Crippen molar-refractivity contribution in [3.8, 4) is 5.75 Å². The topological polar surface area (TPSA) is 59.1 Å². The summed E-state index contributed by atoms with van der Waals surface area (Å²) in [6.07, 6.45) is 0.535. The minimum atomic E-state index is -0.502. The van der Waals surface area contributed by atoms with Crippen molar-refractivity contribution >= 4 is 12.0 Å². The summed E-state index contributed by atoms with van der Waals surface area (Å²) >= 11 is 0. The highest BCUT2D eigenvalue weighted by atomic mass is 16.6. The summed E-state index contributed by atoms with van der Waals surface area (Å²) in [6, 6.07) is 7.24. The zero-order valence-corrected chi connectivity index (χ0v) is 14.6. The van der Waals surface area contributed by atoms with Crippen molar-refractivity contribution in [2.45, 2.75) is 44.9 Å². The zero-order valence-electron chi connectivity index (χ0n) is 14.6. The third-order valence-corrected chi connectivity index (χ3v) is 4.47. The van der Waals surface area contributed by atoms with E-state index in [1.807, 2.05) is 25.7 Å². The molecule has 0 N–H and O–H groups in total. The van der Waals surface area contributed by atoms with Gasteiger partial charge < -0.3 is 19.3 Å². The van der Waals surface area contributed by atoms with Crippen LogP contribution in [0.15, 0.2) is 24.3 Å². The highest BCUT2D eigenvalue weighted by Gasteiger charge is 2.48. The monoisotopic (exact) mass is 332 g/mol. The fraction of sp³-hybridized carbons (Fsp3) is 0.556. The van der Waals surface area contributed by atoms with Gasteiger partial charge in [0.15, 0.2) is 0 Å². The van der Waals surface area contributed by atoms with Crippen LogP contribution in [-0.4, -0.2) is 59.7 Å². The molecule has 0 radical (unpaired) electrons. The van der Waals surface area contributed by atoms with E-state index < -0.39 is 5.60 Å². The van der Waals surface area contributed by atoms with E-state index >= 15 is 0 Å². The largest absolute Gasteiger partial charge is 0.497 e. The molecule has 1 aromatic carbocycles. The van der Waals surface area contributed by atoms with Gasteiger partial charge >= 0.3 is 6.09 Å². The second-order valence-corrected chi connectivity index (χ2v) is 7.36. The smallest absolute Gasteiger partial charge is 0.410 e. The minimum absolute atomic E-state index is 0.00833. The lowest BCUT2D eigenvalue weighted by Crippen LogP contribution is -2.51. The van der Waals surface area contributed by atoms with Gasteiger partial charge in [-0.15, -0.1) is 0 Å². The summed E-state index contributed by atoms with van der Waals surface area (Å²) in [7, 11) is 1.60. The van der Waals surface area contributed by atoms with Crippen LogP contribution >= 0.6 is 0 Å². The van der Waals surface area contributed by atoms with E-state index in [4.69, 9.17) is 9.47 Å². The molecule has 2 atom stereocenters. The summed E-state index contributed by atoms with van der Waals surface area (Å²) in [5.41, 5.74) is 0.143. The molecule has 2 bridgehead atoms. The number of piperazine rings is 1. The van der Waals surface area contributed by atoms with Crippen molar-refractivity contribution in [3.63, 3.8) is 0 Å². The summed E-state index contributed by atoms with van der Waals surface area (Å²) in [5.74, 6) is 0.736. The van der Waals surface area contributed by atoms with Gasteiger partial charge in [0.25, 0.3) is 5.91 Å². The Morgan fingerprint density at radius 1 is 1.04 bits per heavy atom. The first kappa shape index (κ1) is 16.6. The van der Waals surface area contributed by atoms with Crippen LogP contribution in [0.1, 0.15) is 37.6 Å². The van der Waals surface area contributed by atoms with Gasteiger partial charge in [-0.1, -0.05) is 0 Å². The Bertz CT molecular complexity index is 635. The second-order valence-electron chi connectivity index (χ2n) is 7.36. The van der Waals surface area contributed by atoms with Crippen LogP contribution in [0.25, 0.3) is 0 Å². The summed E-state index contributed by atoms with van der Waals surface area (Å²) in [6.45, 7) is 6.69. The van der Waals surface area contributed by atoms with Crippen LogP contribution in [0.2, 0.25) is 0 Å². The number of likely N-dealkylation sites (tertiary alicyclic amines) is 2. The van der Waals surface area contributed by atoms with Crippen molar-refractivity contribution in [2.75, 3.05) is 20.2 Å². The summed E-state index contributed by atoms with van der Waals surface area (Å²) < 4.78 is 10.6. The van der Waals surface area contributed by atoms with Crippen molar-refractivity contribution in [2.24, 2.45) is 0 Å². The number of rotatable bonds is 2. The number of benzene rings is 1. The highest BCUT2D eigenvalue weighted by molar-refractivity contribution is 5.95. The lowest BCUT2D eigenvalue weighted by molar-refractivity contribution is 0.0126. The lowest BCUT2D eigenvalue weighted by atomic mass is 10.1. The summed E-state index contributed by atoms with van der Waals surface area (Å²) in [5, 5.41) is 0. The SMILES string of the molecule is COc1ccc(C(=O)N2CC3CC2CN3C(=O)OC(C)(C)C)cc1. The molecule has 2 heterocycles. The molecule has 2 unspecified atom stereocenters. The Kier molecular flexibility index (Phi) is 4.15. The number of nitrogens with zero attached hydrogens (tertiary/aromatic N) is 2. The highest BCUT2D eigenvalue weighted by Crippen LogP contribution is 2.33. The molecule has 2 saturated heterocycles. The lowest BCUT2D eigenvalue weighted by Gasteiger charge is -2.35. The number of methoxy groups -OCH3 is 1. The number of carbonyl (C=O) groups is 2. The molecule has 1 aromatic rings. The maximum absolute atomic E-state index is 12.7. The standard InChI is InChI=1S/C18H24N2O4/c1-18(2,3)24-17(22)20-11-13-9-14(20)10-19(13)16(21)12-5-7-15(23-4)8-6-12/h5-8,13-14H,9-11H2,1-4H3. The van der Waals surface area contributed by atoms with E-state index in [1.165, 1.54) is 0 Å². The molecular weight excluding hydrogens is 308 g/mol. The number of carbonyl (C=O) groups excluding carboxylic acids is 2. The Hall–Kier alpha value is -2.24. The van der Waals surface area contributed by atoms with Gasteiger partial charge in [0.1, 0.15) is 11.4 Å². The van der Waals surface area contributed by atoms with Crippen molar-refractivity contribution in [1.82, 2.24) is 9.80 Å². The molecule has 3 rings (SSSR count). The van der Waals surface area contributed by atoms with E-state index in [0.717, 1.165) is 12.2 Å². The quantitative estimate of drug-likeness (QED) is 0.835. The third kappa shape index (κ3) is 3.18. The first-order valence-corrected chi connectivity index (χ1v) is 8.23. The predicted molar refractivity (Wildman–Crippen MR) is 89.2 cm³/mol. The molecular formula is C18H24N2O4. The van der Waals surface area contributed by atoms with E-state index in [-0.39, 0.29) is 24.1 Å². The summed E-state index contributed by atoms with van der Waals surface area (Å²) in [4.78, 5) is 28.6. The zero-order chi connectivity index (χ0) is 17.5. The van der Waals surface area contributed by atoms with Crippen LogP contribution in [0, 0.1) is 0 Å². The third-order valence-electron chi connectivity index (χ3n) is 4.47. The van der Waals surface area contributed by atoms with Crippen molar-refractivity contribution in [1.29, 1.82) is 0 Å². The molecule has 0 saturated carbocycles. The first-order valence-electron chi connectivity index (χ1n) is 8.23. The van der Waals surface area contributed by atoms with Gasteiger partial charge in [-0.3, -0.25) is 4.79 Å². The Morgan fingerprint density at radius 3 is 2.12 bits per heavy atom. The van der Waals surface area contributed by atoms with Crippen molar-refractivity contribution < 1.29 is 19.1 Å². The molecule has 0 spiro atoms. The van der Waals surface area contributed by atoms with Gasteiger partial charge in [0, 0.05) is 18.7 Å². The van der Waals surface area contributed by atoms with Crippen LogP contribution in [0.3, 0.4) is 0 Å². The van der Waals surface area contributed by atoms with E-state index in [2.05, 4.69) is 0 Å². The van der Waals surface area contributed by atoms with E-state index in [9.17, 15) is 9.59 Å². The van der Waals surface area contributed by atoms with Crippen LogP contribution < -0.4 is 4.74 Å². The molecule has 0 aromatic heterocycles. The fourth-order valence-corrected chi connectivity index (χ4v) is 3.36. The first-order chi connectivity index (χ1) is 11.3. The van der Waals surface area contributed by atoms with Gasteiger partial charge in [0.2, 0.25) is 0 Å². The Balaban J connectivity index is 1.64. The van der Waals surface area contributed by atoms with Gasteiger partial charge in [0.05, 0.1) is 19.2 Å².